The Hall–Kier alpha value is -0.600. The summed E-state index contributed by atoms with van der Waals surface area (Å²) in [4.78, 5) is 11.3. The lowest BCUT2D eigenvalue weighted by Crippen LogP contribution is -2.24. The molecular formula is C22H44FNO. The highest BCUT2D eigenvalue weighted by atomic mass is 19.1. The summed E-state index contributed by atoms with van der Waals surface area (Å²) >= 11 is 0. The molecule has 150 valence electrons. The van der Waals surface area contributed by atoms with E-state index in [1.54, 1.807) is 0 Å². The molecule has 1 N–H and O–H groups in total. The molecule has 0 atom stereocenters. The van der Waals surface area contributed by atoms with Crippen LogP contribution in [0.2, 0.25) is 0 Å². The normalized spacial score (nSPS) is 11.0. The number of hydrogen-bond donors (Lipinski definition) is 1. The summed E-state index contributed by atoms with van der Waals surface area (Å²) in [5.41, 5.74) is 0. The van der Waals surface area contributed by atoms with Gasteiger partial charge in [-0.05, 0) is 6.42 Å². The molecule has 0 aliphatic rings. The van der Waals surface area contributed by atoms with Crippen LogP contribution < -0.4 is 5.32 Å². The molecule has 0 aromatic heterocycles. The van der Waals surface area contributed by atoms with E-state index in [1.165, 1.54) is 96.3 Å². The molecule has 0 aliphatic heterocycles. The van der Waals surface area contributed by atoms with E-state index in [2.05, 4.69) is 12.2 Å². The predicted octanol–water partition coefficient (Wildman–Crippen LogP) is 7.11. The average Bonchev–Trinajstić information content (AvgIpc) is 2.62. The molecule has 25 heavy (non-hydrogen) atoms. The number of unbranched alkanes of at least 4 members (excludes halogenated alkanes) is 16. The van der Waals surface area contributed by atoms with Crippen molar-refractivity contribution in [1.29, 1.82) is 0 Å². The van der Waals surface area contributed by atoms with Crippen LogP contribution in [0, 0.1) is 0 Å². The molecule has 0 radical (unpaired) electrons. The number of nitrogens with one attached hydrogen (secondary N) is 1. The molecule has 0 rings (SSSR count). The zero-order chi connectivity index (χ0) is 18.4. The first kappa shape index (κ1) is 24.4. The van der Waals surface area contributed by atoms with E-state index in [0.29, 0.717) is 6.42 Å². The third-order valence-corrected chi connectivity index (χ3v) is 4.92. The molecule has 0 aromatic rings. The van der Waals surface area contributed by atoms with Crippen molar-refractivity contribution in [3.63, 3.8) is 0 Å². The van der Waals surface area contributed by atoms with Gasteiger partial charge in [-0.15, -0.1) is 0 Å². The van der Waals surface area contributed by atoms with Crippen LogP contribution in [0.1, 0.15) is 122 Å². The first-order valence-electron chi connectivity index (χ1n) is 11.1. The van der Waals surface area contributed by atoms with E-state index in [9.17, 15) is 9.18 Å². The number of halogens is 1. The second-order valence-electron chi connectivity index (χ2n) is 7.45. The second kappa shape index (κ2) is 21.4. The summed E-state index contributed by atoms with van der Waals surface area (Å²) < 4.78 is 11.9. The lowest BCUT2D eigenvalue weighted by atomic mass is 10.0. The van der Waals surface area contributed by atoms with Crippen molar-refractivity contribution < 1.29 is 9.18 Å². The maximum atomic E-state index is 11.9. The summed E-state index contributed by atoms with van der Waals surface area (Å²) in [6, 6.07) is 0. The highest BCUT2D eigenvalue weighted by Gasteiger charge is 2.00. The van der Waals surface area contributed by atoms with Crippen molar-refractivity contribution in [1.82, 2.24) is 5.32 Å². The molecule has 1 amide bonds. The van der Waals surface area contributed by atoms with Crippen LogP contribution >= 0.6 is 0 Å². The minimum atomic E-state index is -0.467. The van der Waals surface area contributed by atoms with Crippen molar-refractivity contribution in [3.05, 3.63) is 0 Å². The quantitative estimate of drug-likeness (QED) is 0.231. The molecule has 0 spiro atoms. The van der Waals surface area contributed by atoms with Crippen LogP contribution in [0.5, 0.6) is 0 Å². The van der Waals surface area contributed by atoms with Gasteiger partial charge in [0, 0.05) is 13.0 Å². The molecule has 0 aromatic carbocycles. The largest absolute Gasteiger partial charge is 0.353 e. The van der Waals surface area contributed by atoms with Gasteiger partial charge in [-0.25, -0.2) is 4.39 Å². The summed E-state index contributed by atoms with van der Waals surface area (Å²) in [6.45, 7) is 1.97. The summed E-state index contributed by atoms with van der Waals surface area (Å²) in [7, 11) is 0. The topological polar surface area (TPSA) is 29.1 Å². The van der Waals surface area contributed by atoms with Gasteiger partial charge >= 0.3 is 0 Å². The van der Waals surface area contributed by atoms with Crippen LogP contribution in [-0.2, 0) is 4.79 Å². The van der Waals surface area contributed by atoms with E-state index >= 15 is 0 Å². The van der Waals surface area contributed by atoms with Gasteiger partial charge in [0.2, 0.25) is 5.91 Å². The monoisotopic (exact) mass is 357 g/mol. The van der Waals surface area contributed by atoms with Crippen molar-refractivity contribution in [2.24, 2.45) is 0 Å². The Labute approximate surface area is 156 Å². The maximum Gasteiger partial charge on any atom is 0.220 e. The smallest absolute Gasteiger partial charge is 0.220 e. The molecule has 2 nitrogen and oxygen atoms in total. The fourth-order valence-electron chi connectivity index (χ4n) is 3.29. The first-order chi connectivity index (χ1) is 12.3. The van der Waals surface area contributed by atoms with Crippen LogP contribution in [0.25, 0.3) is 0 Å². The summed E-state index contributed by atoms with van der Waals surface area (Å²) in [5.74, 6) is -0.00129. The Balaban J connectivity index is 3.04. The van der Waals surface area contributed by atoms with Crippen molar-refractivity contribution in [2.45, 2.75) is 122 Å². The number of hydrogen-bond acceptors (Lipinski definition) is 1. The summed E-state index contributed by atoms with van der Waals surface area (Å²) in [6.07, 6.45) is 23.5. The summed E-state index contributed by atoms with van der Waals surface area (Å²) in [5, 5.41) is 2.57. The zero-order valence-electron chi connectivity index (χ0n) is 16.9. The standard InChI is InChI=1S/C22H44FNO/c1-2-3-4-5-6-7-8-9-10-11-12-13-14-15-16-17-18-19-22(25)24-21-20-23/h2-21H2,1H3,(H,24,25). The molecule has 0 fully saturated rings. The van der Waals surface area contributed by atoms with Crippen molar-refractivity contribution in [2.75, 3.05) is 13.2 Å². The number of carbonyl (C=O) groups is 1. The molecule has 0 heterocycles. The number of amides is 1. The van der Waals surface area contributed by atoms with E-state index in [0.717, 1.165) is 12.8 Å². The van der Waals surface area contributed by atoms with Gasteiger partial charge in [-0.2, -0.15) is 0 Å². The van der Waals surface area contributed by atoms with Gasteiger partial charge in [-0.1, -0.05) is 110 Å². The SMILES string of the molecule is CCCCCCCCCCCCCCCCCCCC(=O)NCCF. The minimum absolute atomic E-state index is 0.00129. The second-order valence-corrected chi connectivity index (χ2v) is 7.45. The molecule has 0 aliphatic carbocycles. The van der Waals surface area contributed by atoms with Gasteiger partial charge in [0.1, 0.15) is 6.67 Å². The molecule has 3 heteroatoms. The highest BCUT2D eigenvalue weighted by Crippen LogP contribution is 2.14. The Morgan fingerprint density at radius 1 is 0.640 bits per heavy atom. The van der Waals surface area contributed by atoms with Crippen molar-refractivity contribution >= 4 is 5.91 Å². The number of carbonyl (C=O) groups excluding carboxylic acids is 1. The maximum absolute atomic E-state index is 11.9. The Morgan fingerprint density at radius 2 is 1.00 bits per heavy atom. The molecule has 0 unspecified atom stereocenters. The predicted molar refractivity (Wildman–Crippen MR) is 108 cm³/mol. The van der Waals surface area contributed by atoms with Crippen molar-refractivity contribution in [3.8, 4) is 0 Å². The van der Waals surface area contributed by atoms with Gasteiger partial charge in [0.05, 0.1) is 0 Å². The Morgan fingerprint density at radius 3 is 1.36 bits per heavy atom. The number of alkyl halides is 1. The third-order valence-electron chi connectivity index (χ3n) is 4.92. The van der Waals surface area contributed by atoms with Gasteiger partial charge < -0.3 is 5.32 Å². The van der Waals surface area contributed by atoms with Crippen LogP contribution in [0.4, 0.5) is 4.39 Å². The zero-order valence-corrected chi connectivity index (χ0v) is 16.9. The van der Waals surface area contributed by atoms with E-state index in [-0.39, 0.29) is 12.5 Å². The first-order valence-corrected chi connectivity index (χ1v) is 11.1. The molecule has 0 saturated carbocycles. The van der Waals surface area contributed by atoms with Crippen LogP contribution in [0.3, 0.4) is 0 Å². The van der Waals surface area contributed by atoms with Gasteiger partial charge in [-0.3, -0.25) is 4.79 Å². The van der Waals surface area contributed by atoms with E-state index in [4.69, 9.17) is 0 Å². The van der Waals surface area contributed by atoms with E-state index < -0.39 is 6.67 Å². The average molecular weight is 358 g/mol. The third kappa shape index (κ3) is 21.4. The molecular weight excluding hydrogens is 313 g/mol. The van der Waals surface area contributed by atoms with Gasteiger partial charge in [0.15, 0.2) is 0 Å². The fourth-order valence-corrected chi connectivity index (χ4v) is 3.29. The van der Waals surface area contributed by atoms with Crippen LogP contribution in [-0.4, -0.2) is 19.1 Å². The highest BCUT2D eigenvalue weighted by molar-refractivity contribution is 5.75. The van der Waals surface area contributed by atoms with Crippen LogP contribution in [0.15, 0.2) is 0 Å². The van der Waals surface area contributed by atoms with Gasteiger partial charge in [0.25, 0.3) is 0 Å². The van der Waals surface area contributed by atoms with E-state index in [1.807, 2.05) is 0 Å². The fraction of sp³-hybridized carbons (Fsp3) is 0.955. The lowest BCUT2D eigenvalue weighted by Gasteiger charge is -2.04. The number of rotatable bonds is 20. The minimum Gasteiger partial charge on any atom is -0.353 e. The Bertz CT molecular complexity index is 271. The lowest BCUT2D eigenvalue weighted by molar-refractivity contribution is -0.121. The molecule has 0 bridgehead atoms. The molecule has 0 saturated heterocycles. The Kier molecular flexibility index (Phi) is 20.9.